The highest BCUT2D eigenvalue weighted by Gasteiger charge is 2.27. The number of sulfonamides is 1. The minimum atomic E-state index is -3.92. The Morgan fingerprint density at radius 1 is 0.906 bits per heavy atom. The summed E-state index contributed by atoms with van der Waals surface area (Å²) in [5, 5.41) is 2.67. The number of benzene rings is 3. The minimum Gasteiger partial charge on any atom is -0.366 e. The van der Waals surface area contributed by atoms with E-state index in [0.717, 1.165) is 21.0 Å². The number of primary amides is 1. The van der Waals surface area contributed by atoms with Gasteiger partial charge in [-0.2, -0.15) is 4.31 Å². The molecule has 3 N–H and O–H groups in total. The first-order valence-electron chi connectivity index (χ1n) is 9.97. The molecule has 3 aromatic rings. The molecule has 8 heteroatoms. The molecule has 0 bridgehead atoms. The van der Waals surface area contributed by atoms with Gasteiger partial charge in [0, 0.05) is 17.8 Å². The number of nitrogens with zero attached hydrogens (tertiary/aromatic N) is 1. The van der Waals surface area contributed by atoms with E-state index in [2.05, 4.69) is 5.32 Å². The Bertz CT molecular complexity index is 1220. The van der Waals surface area contributed by atoms with Gasteiger partial charge in [0.05, 0.1) is 11.4 Å². The Balaban J connectivity index is 1.85. The standard InChI is InChI=1S/C24H25N3O4S/c1-17-6-12-22(13-7-17)32(30,31)27(15-19-5-3-4-18(2)14-19)16-23(28)26-21-10-8-20(9-11-21)24(25)29/h3-14H,15-16H2,1-2H3,(H2,25,29)(H,26,28). The van der Waals surface area contributed by atoms with E-state index in [4.69, 9.17) is 5.73 Å². The van der Waals surface area contributed by atoms with E-state index < -0.39 is 21.8 Å². The summed E-state index contributed by atoms with van der Waals surface area (Å²) in [6.45, 7) is 3.47. The topological polar surface area (TPSA) is 110 Å². The van der Waals surface area contributed by atoms with E-state index in [1.807, 2.05) is 38.1 Å². The second-order valence-electron chi connectivity index (χ2n) is 7.56. The first-order valence-corrected chi connectivity index (χ1v) is 11.4. The average molecular weight is 452 g/mol. The lowest BCUT2D eigenvalue weighted by molar-refractivity contribution is -0.116. The van der Waals surface area contributed by atoms with Gasteiger partial charge in [0.25, 0.3) is 0 Å². The van der Waals surface area contributed by atoms with Crippen LogP contribution in [0.4, 0.5) is 5.69 Å². The molecule has 0 heterocycles. The van der Waals surface area contributed by atoms with Crippen LogP contribution in [0.5, 0.6) is 0 Å². The Morgan fingerprint density at radius 2 is 1.56 bits per heavy atom. The third-order valence-electron chi connectivity index (χ3n) is 4.87. The van der Waals surface area contributed by atoms with E-state index in [9.17, 15) is 18.0 Å². The summed E-state index contributed by atoms with van der Waals surface area (Å²) >= 11 is 0. The molecule has 3 rings (SSSR count). The predicted octanol–water partition coefficient (Wildman–Crippen LogP) is 3.23. The van der Waals surface area contributed by atoms with Gasteiger partial charge in [-0.1, -0.05) is 47.5 Å². The van der Waals surface area contributed by atoms with Gasteiger partial charge in [-0.3, -0.25) is 9.59 Å². The first-order chi connectivity index (χ1) is 15.1. The fourth-order valence-corrected chi connectivity index (χ4v) is 4.56. The number of hydrogen-bond acceptors (Lipinski definition) is 4. The molecular weight excluding hydrogens is 426 g/mol. The molecule has 0 unspecified atom stereocenters. The SMILES string of the molecule is Cc1ccc(S(=O)(=O)N(CC(=O)Nc2ccc(C(N)=O)cc2)Cc2cccc(C)c2)cc1. The van der Waals surface area contributed by atoms with Crippen molar-refractivity contribution in [3.05, 3.63) is 95.1 Å². The number of amides is 2. The van der Waals surface area contributed by atoms with Crippen molar-refractivity contribution < 1.29 is 18.0 Å². The van der Waals surface area contributed by atoms with Crippen molar-refractivity contribution in [1.82, 2.24) is 4.31 Å². The van der Waals surface area contributed by atoms with Gasteiger partial charge in [-0.15, -0.1) is 0 Å². The molecule has 0 saturated carbocycles. The molecule has 0 aromatic heterocycles. The van der Waals surface area contributed by atoms with E-state index in [1.54, 1.807) is 12.1 Å². The molecule has 3 aromatic carbocycles. The zero-order valence-electron chi connectivity index (χ0n) is 17.9. The molecule has 0 aliphatic carbocycles. The highest BCUT2D eigenvalue weighted by atomic mass is 32.2. The number of rotatable bonds is 8. The fraction of sp³-hybridized carbons (Fsp3) is 0.167. The fourth-order valence-electron chi connectivity index (χ4n) is 3.18. The van der Waals surface area contributed by atoms with Crippen molar-refractivity contribution in [2.24, 2.45) is 5.73 Å². The summed E-state index contributed by atoms with van der Waals surface area (Å²) in [5.74, 6) is -1.07. The number of carbonyl (C=O) groups excluding carboxylic acids is 2. The van der Waals surface area contributed by atoms with Crippen molar-refractivity contribution in [3.63, 3.8) is 0 Å². The van der Waals surface area contributed by atoms with Crippen LogP contribution in [-0.2, 0) is 21.4 Å². The zero-order valence-corrected chi connectivity index (χ0v) is 18.7. The Hall–Kier alpha value is -3.49. The van der Waals surface area contributed by atoms with Crippen LogP contribution in [-0.4, -0.2) is 31.1 Å². The predicted molar refractivity (Wildman–Crippen MR) is 124 cm³/mol. The van der Waals surface area contributed by atoms with Crippen LogP contribution in [0.25, 0.3) is 0 Å². The quantitative estimate of drug-likeness (QED) is 0.548. The van der Waals surface area contributed by atoms with Crippen molar-refractivity contribution in [3.8, 4) is 0 Å². The zero-order chi connectivity index (χ0) is 23.3. The summed E-state index contributed by atoms with van der Waals surface area (Å²) in [5.41, 5.74) is 8.68. The van der Waals surface area contributed by atoms with Crippen LogP contribution in [0, 0.1) is 13.8 Å². The van der Waals surface area contributed by atoms with Crippen LogP contribution < -0.4 is 11.1 Å². The average Bonchev–Trinajstić information content (AvgIpc) is 2.74. The van der Waals surface area contributed by atoms with Gasteiger partial charge in [-0.25, -0.2) is 8.42 Å². The van der Waals surface area contributed by atoms with Crippen molar-refractivity contribution >= 4 is 27.5 Å². The summed E-state index contributed by atoms with van der Waals surface area (Å²) in [6.07, 6.45) is 0. The molecule has 0 radical (unpaired) electrons. The van der Waals surface area contributed by atoms with Crippen molar-refractivity contribution in [2.45, 2.75) is 25.3 Å². The summed E-state index contributed by atoms with van der Waals surface area (Å²) < 4.78 is 27.8. The summed E-state index contributed by atoms with van der Waals surface area (Å²) in [6, 6.07) is 20.1. The maximum absolute atomic E-state index is 13.3. The summed E-state index contributed by atoms with van der Waals surface area (Å²) in [4.78, 5) is 24.0. The molecule has 0 aliphatic rings. The molecule has 0 fully saturated rings. The lowest BCUT2D eigenvalue weighted by Crippen LogP contribution is -2.37. The maximum Gasteiger partial charge on any atom is 0.248 e. The van der Waals surface area contributed by atoms with Crippen LogP contribution in [0.2, 0.25) is 0 Å². The first kappa shape index (κ1) is 23.2. The second kappa shape index (κ2) is 9.76. The Morgan fingerprint density at radius 3 is 2.16 bits per heavy atom. The second-order valence-corrected chi connectivity index (χ2v) is 9.50. The van der Waals surface area contributed by atoms with Gasteiger partial charge in [-0.05, 0) is 55.8 Å². The van der Waals surface area contributed by atoms with Crippen LogP contribution in [0.1, 0.15) is 27.0 Å². The number of hydrogen-bond donors (Lipinski definition) is 2. The molecule has 166 valence electrons. The van der Waals surface area contributed by atoms with Gasteiger partial charge >= 0.3 is 0 Å². The number of nitrogens with one attached hydrogen (secondary N) is 1. The van der Waals surface area contributed by atoms with E-state index in [-0.39, 0.29) is 18.0 Å². The number of carbonyl (C=O) groups is 2. The maximum atomic E-state index is 13.3. The van der Waals surface area contributed by atoms with Gasteiger partial charge in [0.15, 0.2) is 0 Å². The van der Waals surface area contributed by atoms with Gasteiger partial charge in [0.2, 0.25) is 21.8 Å². The van der Waals surface area contributed by atoms with Crippen LogP contribution in [0.15, 0.2) is 77.7 Å². The molecular formula is C24H25N3O4S. The van der Waals surface area contributed by atoms with Crippen LogP contribution in [0.3, 0.4) is 0 Å². The van der Waals surface area contributed by atoms with Gasteiger partial charge in [0.1, 0.15) is 0 Å². The molecule has 0 saturated heterocycles. The third kappa shape index (κ3) is 5.81. The minimum absolute atomic E-state index is 0.0475. The highest BCUT2D eigenvalue weighted by Crippen LogP contribution is 2.20. The lowest BCUT2D eigenvalue weighted by Gasteiger charge is -2.22. The third-order valence-corrected chi connectivity index (χ3v) is 6.68. The van der Waals surface area contributed by atoms with E-state index >= 15 is 0 Å². The van der Waals surface area contributed by atoms with Crippen LogP contribution >= 0.6 is 0 Å². The highest BCUT2D eigenvalue weighted by molar-refractivity contribution is 7.89. The number of anilines is 1. The summed E-state index contributed by atoms with van der Waals surface area (Å²) in [7, 11) is -3.92. The Labute approximate surface area is 187 Å². The van der Waals surface area contributed by atoms with Crippen molar-refractivity contribution in [1.29, 1.82) is 0 Å². The number of aryl methyl sites for hydroxylation is 2. The number of nitrogens with two attached hydrogens (primary N) is 1. The lowest BCUT2D eigenvalue weighted by atomic mass is 10.1. The smallest absolute Gasteiger partial charge is 0.248 e. The van der Waals surface area contributed by atoms with E-state index in [1.165, 1.54) is 36.4 Å². The molecule has 2 amide bonds. The molecule has 0 spiro atoms. The normalized spacial score (nSPS) is 11.3. The molecule has 32 heavy (non-hydrogen) atoms. The molecule has 7 nitrogen and oxygen atoms in total. The van der Waals surface area contributed by atoms with Crippen molar-refractivity contribution in [2.75, 3.05) is 11.9 Å². The monoisotopic (exact) mass is 451 g/mol. The largest absolute Gasteiger partial charge is 0.366 e. The van der Waals surface area contributed by atoms with E-state index in [0.29, 0.717) is 11.3 Å². The van der Waals surface area contributed by atoms with Gasteiger partial charge < -0.3 is 11.1 Å². The molecule has 0 aliphatic heterocycles. The molecule has 0 atom stereocenters. The Kier molecular flexibility index (Phi) is 7.07.